The minimum absolute atomic E-state index is 0.0353. The van der Waals surface area contributed by atoms with Gasteiger partial charge in [-0.1, -0.05) is 36.4 Å². The lowest BCUT2D eigenvalue weighted by molar-refractivity contribution is 0.0478. The van der Waals surface area contributed by atoms with Crippen LogP contribution >= 0.6 is 9.24 Å². The Balaban J connectivity index is 1.51. The van der Waals surface area contributed by atoms with Gasteiger partial charge in [-0.3, -0.25) is 14.5 Å². The normalized spacial score (nSPS) is 23.4. The number of hydrogen-bond acceptors (Lipinski definition) is 2. The van der Waals surface area contributed by atoms with Crippen LogP contribution in [0.1, 0.15) is 45.0 Å². The zero-order valence-corrected chi connectivity index (χ0v) is 13.2. The van der Waals surface area contributed by atoms with Crippen molar-refractivity contribution in [3.63, 3.8) is 0 Å². The first-order valence-corrected chi connectivity index (χ1v) is 8.05. The Morgan fingerprint density at radius 2 is 1.41 bits per heavy atom. The standard InChI is InChI=1S/C18H16NO2P/c20-17-15-3-1-2-4-16(15)18(21)19(17)13-9-12(10-13)11-5-7-14(22)8-6-11/h1-8,12-13H,9-10,22H2. The number of carbonyl (C=O) groups excluding carboxylic acids is 2. The van der Waals surface area contributed by atoms with E-state index in [4.69, 9.17) is 0 Å². The summed E-state index contributed by atoms with van der Waals surface area (Å²) < 4.78 is 0. The first kappa shape index (κ1) is 13.7. The maximum absolute atomic E-state index is 12.4. The predicted octanol–water partition coefficient (Wildman–Crippen LogP) is 2.73. The van der Waals surface area contributed by atoms with Crippen LogP contribution in [0, 0.1) is 0 Å². The Bertz CT molecular complexity index is 728. The molecule has 1 atom stereocenters. The molecule has 0 radical (unpaired) electrons. The molecule has 0 bridgehead atoms. The SMILES string of the molecule is O=C1c2ccccc2C(=O)N1C1CC(c2ccc(P)cc2)C1. The van der Waals surface area contributed by atoms with Gasteiger partial charge in [0.05, 0.1) is 11.1 Å². The van der Waals surface area contributed by atoms with Gasteiger partial charge in [0, 0.05) is 6.04 Å². The van der Waals surface area contributed by atoms with Crippen LogP contribution in [0.3, 0.4) is 0 Å². The number of fused-ring (bicyclic) bond motifs is 1. The maximum atomic E-state index is 12.4. The molecule has 110 valence electrons. The molecule has 1 unspecified atom stereocenters. The van der Waals surface area contributed by atoms with E-state index in [1.807, 2.05) is 0 Å². The van der Waals surface area contributed by atoms with Crippen LogP contribution in [-0.2, 0) is 0 Å². The molecule has 1 heterocycles. The molecule has 1 aliphatic heterocycles. The monoisotopic (exact) mass is 309 g/mol. The molecule has 1 aliphatic carbocycles. The second kappa shape index (κ2) is 5.03. The molecule has 0 spiro atoms. The molecule has 1 saturated carbocycles. The first-order chi connectivity index (χ1) is 10.6. The molecule has 0 aromatic heterocycles. The minimum Gasteiger partial charge on any atom is -0.271 e. The summed E-state index contributed by atoms with van der Waals surface area (Å²) >= 11 is 0. The van der Waals surface area contributed by atoms with Crippen LogP contribution in [0.4, 0.5) is 0 Å². The van der Waals surface area contributed by atoms with Crippen molar-refractivity contribution in [1.29, 1.82) is 0 Å². The minimum atomic E-state index is -0.135. The number of amides is 2. The van der Waals surface area contributed by atoms with E-state index in [2.05, 4.69) is 33.5 Å². The van der Waals surface area contributed by atoms with E-state index >= 15 is 0 Å². The van der Waals surface area contributed by atoms with Gasteiger partial charge in [0.15, 0.2) is 0 Å². The van der Waals surface area contributed by atoms with Crippen molar-refractivity contribution in [3.05, 3.63) is 65.2 Å². The average molecular weight is 309 g/mol. The third kappa shape index (κ3) is 2.00. The largest absolute Gasteiger partial charge is 0.271 e. The van der Waals surface area contributed by atoms with Gasteiger partial charge in [-0.25, -0.2) is 0 Å². The van der Waals surface area contributed by atoms with Gasteiger partial charge >= 0.3 is 0 Å². The van der Waals surface area contributed by atoms with Crippen molar-refractivity contribution in [2.45, 2.75) is 24.8 Å². The Labute approximate surface area is 131 Å². The van der Waals surface area contributed by atoms with E-state index in [0.29, 0.717) is 17.0 Å². The van der Waals surface area contributed by atoms with Crippen LogP contribution in [0.5, 0.6) is 0 Å². The number of rotatable bonds is 2. The number of carbonyl (C=O) groups is 2. The summed E-state index contributed by atoms with van der Waals surface area (Å²) in [5, 5.41) is 1.17. The highest BCUT2D eigenvalue weighted by Gasteiger charge is 2.45. The van der Waals surface area contributed by atoms with E-state index in [1.54, 1.807) is 24.3 Å². The molecule has 2 amide bonds. The zero-order valence-electron chi connectivity index (χ0n) is 12.0. The first-order valence-electron chi connectivity index (χ1n) is 7.47. The van der Waals surface area contributed by atoms with E-state index in [9.17, 15) is 9.59 Å². The summed E-state index contributed by atoms with van der Waals surface area (Å²) in [6, 6.07) is 15.5. The molecule has 1 fully saturated rings. The van der Waals surface area contributed by atoms with Crippen LogP contribution in [0.15, 0.2) is 48.5 Å². The third-order valence-electron chi connectivity index (χ3n) is 4.71. The van der Waals surface area contributed by atoms with Crippen LogP contribution in [-0.4, -0.2) is 22.8 Å². The Morgan fingerprint density at radius 3 is 1.95 bits per heavy atom. The maximum Gasteiger partial charge on any atom is 0.261 e. The Kier molecular flexibility index (Phi) is 3.12. The Hall–Kier alpha value is -1.99. The van der Waals surface area contributed by atoms with Crippen LogP contribution in [0.2, 0.25) is 0 Å². The smallest absolute Gasteiger partial charge is 0.261 e. The highest BCUT2D eigenvalue weighted by atomic mass is 31.0. The number of hydrogen-bond donors (Lipinski definition) is 0. The second-order valence-corrected chi connectivity index (χ2v) is 6.68. The van der Waals surface area contributed by atoms with Crippen molar-refractivity contribution < 1.29 is 9.59 Å². The number of benzene rings is 2. The van der Waals surface area contributed by atoms with Crippen molar-refractivity contribution in [3.8, 4) is 0 Å². The van der Waals surface area contributed by atoms with Gasteiger partial charge in [-0.2, -0.15) is 0 Å². The summed E-state index contributed by atoms with van der Waals surface area (Å²) in [6.45, 7) is 0. The summed E-state index contributed by atoms with van der Waals surface area (Å²) in [7, 11) is 2.68. The Morgan fingerprint density at radius 1 is 0.864 bits per heavy atom. The topological polar surface area (TPSA) is 37.4 Å². The molecule has 0 N–H and O–H groups in total. The highest BCUT2D eigenvalue weighted by Crippen LogP contribution is 2.42. The summed E-state index contributed by atoms with van der Waals surface area (Å²) in [6.07, 6.45) is 1.73. The number of imide groups is 1. The van der Waals surface area contributed by atoms with Crippen LogP contribution in [0.25, 0.3) is 0 Å². The quantitative estimate of drug-likeness (QED) is 0.632. The molecule has 3 nitrogen and oxygen atoms in total. The molecule has 2 aromatic rings. The van der Waals surface area contributed by atoms with Crippen molar-refractivity contribution in [2.75, 3.05) is 0 Å². The van der Waals surface area contributed by atoms with Crippen molar-refractivity contribution in [2.24, 2.45) is 0 Å². The van der Waals surface area contributed by atoms with Crippen molar-refractivity contribution in [1.82, 2.24) is 4.90 Å². The summed E-state index contributed by atoms with van der Waals surface area (Å²) in [5.41, 5.74) is 2.38. The fourth-order valence-corrected chi connectivity index (χ4v) is 3.57. The van der Waals surface area contributed by atoms with E-state index < -0.39 is 0 Å². The van der Waals surface area contributed by atoms with Gasteiger partial charge < -0.3 is 0 Å². The predicted molar refractivity (Wildman–Crippen MR) is 88.5 cm³/mol. The zero-order chi connectivity index (χ0) is 15.3. The molecule has 4 heteroatoms. The van der Waals surface area contributed by atoms with Gasteiger partial charge in [-0.05, 0) is 41.8 Å². The summed E-state index contributed by atoms with van der Waals surface area (Å²) in [5.74, 6) is 0.175. The van der Waals surface area contributed by atoms with Gasteiger partial charge in [0.25, 0.3) is 11.8 Å². The number of nitrogens with zero attached hydrogens (tertiary/aromatic N) is 1. The lowest BCUT2D eigenvalue weighted by Gasteiger charge is -2.40. The van der Waals surface area contributed by atoms with E-state index in [-0.39, 0.29) is 17.9 Å². The molecule has 4 rings (SSSR count). The fraction of sp³-hybridized carbons (Fsp3) is 0.222. The fourth-order valence-electron chi connectivity index (χ4n) is 3.38. The lowest BCUT2D eigenvalue weighted by atomic mass is 9.75. The molecule has 2 aliphatic rings. The summed E-state index contributed by atoms with van der Waals surface area (Å²) in [4.78, 5) is 26.3. The lowest BCUT2D eigenvalue weighted by Crippen LogP contribution is -2.46. The average Bonchev–Trinajstić information content (AvgIpc) is 2.73. The van der Waals surface area contributed by atoms with Gasteiger partial charge in [0.2, 0.25) is 0 Å². The molecule has 0 saturated heterocycles. The van der Waals surface area contributed by atoms with Crippen molar-refractivity contribution >= 4 is 26.4 Å². The third-order valence-corrected chi connectivity index (χ3v) is 5.10. The van der Waals surface area contributed by atoms with E-state index in [0.717, 1.165) is 12.8 Å². The van der Waals surface area contributed by atoms with Gasteiger partial charge in [-0.15, -0.1) is 9.24 Å². The second-order valence-electron chi connectivity index (χ2n) is 6.01. The van der Waals surface area contributed by atoms with Crippen LogP contribution < -0.4 is 5.30 Å². The molecular formula is C18H16NO2P. The van der Waals surface area contributed by atoms with E-state index in [1.165, 1.54) is 15.8 Å². The molecular weight excluding hydrogens is 293 g/mol. The molecule has 2 aromatic carbocycles. The molecule has 22 heavy (non-hydrogen) atoms. The highest BCUT2D eigenvalue weighted by molar-refractivity contribution is 7.27. The van der Waals surface area contributed by atoms with Gasteiger partial charge in [0.1, 0.15) is 0 Å².